The number of H-pyrrole nitrogens is 1. The molecule has 0 spiro atoms. The van der Waals surface area contributed by atoms with E-state index in [1.165, 1.54) is 12.0 Å². The number of methoxy groups -OCH3 is 1. The van der Waals surface area contributed by atoms with Gasteiger partial charge in [0.1, 0.15) is 11.5 Å². The highest BCUT2D eigenvalue weighted by Gasteiger charge is 2.46. The first-order valence-corrected chi connectivity index (χ1v) is 11.1. The Hall–Kier alpha value is -3.50. The number of aryl methyl sites for hydroxylation is 1. The van der Waals surface area contributed by atoms with Crippen molar-refractivity contribution in [2.75, 3.05) is 46.5 Å². The van der Waals surface area contributed by atoms with Gasteiger partial charge in [0.15, 0.2) is 0 Å². The number of Topliss-reactive ketones (excluding diaryl/α,β-unsaturated/α-hetero) is 1. The molecule has 2 aliphatic rings. The minimum atomic E-state index is -0.801. The third-order valence-electron chi connectivity index (χ3n) is 6.36. The number of morpholine rings is 1. The van der Waals surface area contributed by atoms with Crippen molar-refractivity contribution in [1.82, 2.24) is 19.8 Å². The molecule has 0 unspecified atom stereocenters. The van der Waals surface area contributed by atoms with E-state index in [9.17, 15) is 19.5 Å². The summed E-state index contributed by atoms with van der Waals surface area (Å²) in [5.41, 5.74) is 2.00. The molecular weight excluding hydrogens is 440 g/mol. The van der Waals surface area contributed by atoms with Gasteiger partial charge in [-0.05, 0) is 31.0 Å². The van der Waals surface area contributed by atoms with Crippen LogP contribution in [0.1, 0.15) is 38.9 Å². The molecule has 2 saturated heterocycles. The van der Waals surface area contributed by atoms with Crippen molar-refractivity contribution in [2.45, 2.75) is 19.9 Å². The average molecular weight is 469 g/mol. The van der Waals surface area contributed by atoms with Crippen molar-refractivity contribution in [3.05, 3.63) is 58.2 Å². The van der Waals surface area contributed by atoms with Gasteiger partial charge in [-0.25, -0.2) is 4.79 Å². The average Bonchev–Trinajstić information content (AvgIpc) is 3.30. The Bertz CT molecular complexity index is 1130. The number of hydrogen-bond donors (Lipinski definition) is 2. The van der Waals surface area contributed by atoms with Crippen LogP contribution in [0.15, 0.2) is 30.1 Å². The van der Waals surface area contributed by atoms with Crippen molar-refractivity contribution in [1.29, 1.82) is 0 Å². The van der Waals surface area contributed by atoms with Crippen LogP contribution in [0.3, 0.4) is 0 Å². The molecule has 0 radical (unpaired) electrons. The SMILES string of the molecule is COC(=O)c1[nH]c(C)c(C(O)=C2C(=O)C(=O)N(CCN3CCOCC3)[C@H]2c2cccnc2)c1C. The van der Waals surface area contributed by atoms with Gasteiger partial charge in [-0.2, -0.15) is 0 Å². The molecule has 180 valence electrons. The molecule has 4 heterocycles. The lowest BCUT2D eigenvalue weighted by molar-refractivity contribution is -0.140. The zero-order valence-electron chi connectivity index (χ0n) is 19.5. The standard InChI is InChI=1S/C24H28N4O6/c1-14-17(15(2)26-19(14)24(32)33-3)21(29)18-20(16-5-4-6-25-13-16)28(23(31)22(18)30)8-7-27-9-11-34-12-10-27/h4-6,13,20,26,29H,7-12H2,1-3H3/t20-/m0/s1. The molecule has 10 heteroatoms. The quantitative estimate of drug-likeness (QED) is 0.283. The van der Waals surface area contributed by atoms with E-state index in [1.54, 1.807) is 38.4 Å². The molecule has 1 amide bonds. The number of aromatic amines is 1. The molecule has 4 rings (SSSR count). The van der Waals surface area contributed by atoms with Crippen LogP contribution in [-0.4, -0.2) is 89.0 Å². The van der Waals surface area contributed by atoms with Crippen LogP contribution < -0.4 is 0 Å². The van der Waals surface area contributed by atoms with E-state index in [0.29, 0.717) is 48.7 Å². The van der Waals surface area contributed by atoms with Crippen molar-refractivity contribution in [2.24, 2.45) is 0 Å². The maximum Gasteiger partial charge on any atom is 0.354 e. The first-order valence-electron chi connectivity index (χ1n) is 11.1. The topological polar surface area (TPSA) is 125 Å². The second-order valence-corrected chi connectivity index (χ2v) is 8.35. The number of amides is 1. The Morgan fingerprint density at radius 3 is 2.65 bits per heavy atom. The van der Waals surface area contributed by atoms with E-state index in [4.69, 9.17) is 9.47 Å². The number of carbonyl (C=O) groups is 3. The Morgan fingerprint density at radius 2 is 2.00 bits per heavy atom. The first-order chi connectivity index (χ1) is 16.3. The summed E-state index contributed by atoms with van der Waals surface area (Å²) in [4.78, 5) is 49.2. The number of esters is 1. The van der Waals surface area contributed by atoms with Crippen LogP contribution >= 0.6 is 0 Å². The molecule has 2 fully saturated rings. The van der Waals surface area contributed by atoms with E-state index in [-0.39, 0.29) is 17.0 Å². The van der Waals surface area contributed by atoms with Crippen LogP contribution in [0.25, 0.3) is 5.76 Å². The Morgan fingerprint density at radius 1 is 1.26 bits per heavy atom. The van der Waals surface area contributed by atoms with Crippen LogP contribution in [0, 0.1) is 13.8 Å². The minimum absolute atomic E-state index is 0.0263. The number of aromatic nitrogens is 2. The van der Waals surface area contributed by atoms with Gasteiger partial charge in [0.25, 0.3) is 11.7 Å². The predicted molar refractivity (Wildman–Crippen MR) is 122 cm³/mol. The number of ketones is 1. The predicted octanol–water partition coefficient (Wildman–Crippen LogP) is 1.57. The number of hydrogen-bond acceptors (Lipinski definition) is 8. The summed E-state index contributed by atoms with van der Waals surface area (Å²) in [5, 5.41) is 11.4. The second-order valence-electron chi connectivity index (χ2n) is 8.35. The zero-order chi connectivity index (χ0) is 24.4. The fraction of sp³-hybridized carbons (Fsp3) is 0.417. The summed E-state index contributed by atoms with van der Waals surface area (Å²) in [6.07, 6.45) is 3.19. The highest BCUT2D eigenvalue weighted by Crippen LogP contribution is 2.40. The summed E-state index contributed by atoms with van der Waals surface area (Å²) in [6, 6.07) is 2.69. The maximum atomic E-state index is 13.2. The third-order valence-corrected chi connectivity index (χ3v) is 6.36. The number of aliphatic hydroxyl groups excluding tert-OH is 1. The van der Waals surface area contributed by atoms with Gasteiger partial charge >= 0.3 is 5.97 Å². The number of ether oxygens (including phenoxy) is 2. The first kappa shape index (κ1) is 23.7. The van der Waals surface area contributed by atoms with Crippen molar-refractivity contribution in [3.8, 4) is 0 Å². The molecule has 2 N–H and O–H groups in total. The fourth-order valence-electron chi connectivity index (χ4n) is 4.61. The summed E-state index contributed by atoms with van der Waals surface area (Å²) in [5.74, 6) is -2.37. The number of pyridine rings is 1. The molecule has 0 aliphatic carbocycles. The largest absolute Gasteiger partial charge is 0.507 e. The molecule has 0 aromatic carbocycles. The number of aliphatic hydroxyl groups is 1. The lowest BCUT2D eigenvalue weighted by Crippen LogP contribution is -2.42. The highest BCUT2D eigenvalue weighted by atomic mass is 16.5. The second kappa shape index (κ2) is 9.78. The smallest absolute Gasteiger partial charge is 0.354 e. The molecule has 1 atom stereocenters. The molecule has 34 heavy (non-hydrogen) atoms. The van der Waals surface area contributed by atoms with Gasteiger partial charge in [0.2, 0.25) is 0 Å². The molecular formula is C24H28N4O6. The monoisotopic (exact) mass is 468 g/mol. The van der Waals surface area contributed by atoms with Gasteiger partial charge in [0.05, 0.1) is 31.9 Å². The van der Waals surface area contributed by atoms with Gasteiger partial charge < -0.3 is 24.5 Å². The Balaban J connectivity index is 1.78. The normalized spacial score (nSPS) is 20.7. The van der Waals surface area contributed by atoms with E-state index < -0.39 is 23.7 Å². The molecule has 2 aromatic rings. The van der Waals surface area contributed by atoms with Crippen molar-refractivity contribution < 1.29 is 29.0 Å². The molecule has 2 aromatic heterocycles. The molecule has 0 saturated carbocycles. The number of carbonyl (C=O) groups excluding carboxylic acids is 3. The summed E-state index contributed by atoms with van der Waals surface area (Å²) in [6.45, 7) is 6.96. The zero-order valence-corrected chi connectivity index (χ0v) is 19.5. The summed E-state index contributed by atoms with van der Waals surface area (Å²) in [7, 11) is 1.26. The van der Waals surface area contributed by atoms with E-state index in [1.807, 2.05) is 0 Å². The van der Waals surface area contributed by atoms with Crippen molar-refractivity contribution >= 4 is 23.4 Å². The fourth-order valence-corrected chi connectivity index (χ4v) is 4.61. The van der Waals surface area contributed by atoms with Crippen molar-refractivity contribution in [3.63, 3.8) is 0 Å². The van der Waals surface area contributed by atoms with Crippen LogP contribution in [-0.2, 0) is 19.1 Å². The molecule has 2 aliphatic heterocycles. The lowest BCUT2D eigenvalue weighted by atomic mass is 9.95. The van der Waals surface area contributed by atoms with E-state index >= 15 is 0 Å². The Labute approximate surface area is 197 Å². The number of rotatable bonds is 6. The van der Waals surface area contributed by atoms with Gasteiger partial charge in [-0.1, -0.05) is 6.07 Å². The van der Waals surface area contributed by atoms with E-state index in [0.717, 1.165) is 13.1 Å². The number of nitrogens with one attached hydrogen (secondary N) is 1. The molecule has 10 nitrogen and oxygen atoms in total. The molecule has 0 bridgehead atoms. The highest BCUT2D eigenvalue weighted by molar-refractivity contribution is 6.46. The van der Waals surface area contributed by atoms with Gasteiger partial charge in [0, 0.05) is 49.8 Å². The van der Waals surface area contributed by atoms with E-state index in [2.05, 4.69) is 14.9 Å². The maximum absolute atomic E-state index is 13.2. The Kier molecular flexibility index (Phi) is 6.80. The third kappa shape index (κ3) is 4.22. The number of nitrogens with zero attached hydrogens (tertiary/aromatic N) is 3. The summed E-state index contributed by atoms with van der Waals surface area (Å²) < 4.78 is 10.2. The minimum Gasteiger partial charge on any atom is -0.507 e. The van der Waals surface area contributed by atoms with Crippen LogP contribution in [0.5, 0.6) is 0 Å². The van der Waals surface area contributed by atoms with Crippen LogP contribution in [0.4, 0.5) is 0 Å². The lowest BCUT2D eigenvalue weighted by Gasteiger charge is -2.30. The van der Waals surface area contributed by atoms with Gasteiger partial charge in [-0.3, -0.25) is 19.5 Å². The van der Waals surface area contributed by atoms with Gasteiger partial charge in [-0.15, -0.1) is 0 Å². The number of likely N-dealkylation sites (tertiary alicyclic amines) is 1. The van der Waals surface area contributed by atoms with Crippen LogP contribution in [0.2, 0.25) is 0 Å². The summed E-state index contributed by atoms with van der Waals surface area (Å²) >= 11 is 0.